The Morgan fingerprint density at radius 1 is 1.47 bits per heavy atom. The van der Waals surface area contributed by atoms with E-state index in [2.05, 4.69) is 52.1 Å². The molecule has 0 radical (unpaired) electrons. The number of halogens is 1. The van der Waals surface area contributed by atoms with Crippen molar-refractivity contribution in [2.24, 2.45) is 0 Å². The maximum absolute atomic E-state index is 4.45. The summed E-state index contributed by atoms with van der Waals surface area (Å²) in [4.78, 5) is 5.84. The molecular weight excluding hydrogens is 324 g/mol. The van der Waals surface area contributed by atoms with E-state index in [1.165, 1.54) is 10.6 Å². The Bertz CT molecular complexity index is 534. The lowest BCUT2D eigenvalue weighted by atomic mass is 10.2. The first kappa shape index (κ1) is 14.7. The number of hydrogen-bond acceptors (Lipinski definition) is 4. The van der Waals surface area contributed by atoms with Crippen LogP contribution in [0.2, 0.25) is 0 Å². The summed E-state index contributed by atoms with van der Waals surface area (Å²) in [7, 11) is 0. The maximum Gasteiger partial charge on any atom is 0.0900 e. The molecule has 0 spiro atoms. The molecule has 1 unspecified atom stereocenters. The minimum Gasteiger partial charge on any atom is -0.312 e. The van der Waals surface area contributed by atoms with E-state index >= 15 is 0 Å². The molecule has 2 heterocycles. The highest BCUT2D eigenvalue weighted by atomic mass is 79.9. The zero-order valence-corrected chi connectivity index (χ0v) is 13.9. The summed E-state index contributed by atoms with van der Waals surface area (Å²) in [5, 5.41) is 8.94. The van der Waals surface area contributed by atoms with Gasteiger partial charge in [0, 0.05) is 23.7 Å². The Balaban J connectivity index is 1.75. The highest BCUT2D eigenvalue weighted by molar-refractivity contribution is 9.10. The number of thiazole rings is 1. The lowest BCUT2D eigenvalue weighted by molar-refractivity contribution is 0.454. The van der Waals surface area contributed by atoms with Crippen molar-refractivity contribution in [3.8, 4) is 0 Å². The van der Waals surface area contributed by atoms with Gasteiger partial charge in [-0.2, -0.15) is 5.10 Å². The molecule has 0 aliphatic rings. The summed E-state index contributed by atoms with van der Waals surface area (Å²) in [5.74, 6) is 0. The van der Waals surface area contributed by atoms with Gasteiger partial charge in [0.2, 0.25) is 0 Å². The second-order valence-electron chi connectivity index (χ2n) is 4.73. The third-order valence-electron chi connectivity index (χ3n) is 2.91. The molecule has 104 valence electrons. The highest BCUT2D eigenvalue weighted by Gasteiger charge is 2.07. The van der Waals surface area contributed by atoms with Gasteiger partial charge in [0.05, 0.1) is 27.9 Å². The van der Waals surface area contributed by atoms with Crippen LogP contribution in [0, 0.1) is 13.8 Å². The molecular formula is C13H19BrN4S. The van der Waals surface area contributed by atoms with Gasteiger partial charge in [0.15, 0.2) is 0 Å². The number of aromatic nitrogens is 3. The maximum atomic E-state index is 4.45. The molecule has 2 aromatic heterocycles. The van der Waals surface area contributed by atoms with E-state index in [1.54, 1.807) is 11.3 Å². The van der Waals surface area contributed by atoms with E-state index < -0.39 is 0 Å². The van der Waals surface area contributed by atoms with Crippen molar-refractivity contribution in [3.05, 3.63) is 32.4 Å². The number of aryl methyl sites for hydroxylation is 2. The van der Waals surface area contributed by atoms with Crippen molar-refractivity contribution in [1.29, 1.82) is 0 Å². The lowest BCUT2D eigenvalue weighted by Crippen LogP contribution is -2.32. The largest absolute Gasteiger partial charge is 0.312 e. The van der Waals surface area contributed by atoms with Crippen molar-refractivity contribution in [2.75, 3.05) is 6.54 Å². The van der Waals surface area contributed by atoms with Crippen LogP contribution in [0.15, 0.2) is 16.9 Å². The van der Waals surface area contributed by atoms with Gasteiger partial charge in [-0.1, -0.05) is 0 Å². The second-order valence-corrected chi connectivity index (χ2v) is 6.93. The Kier molecular flexibility index (Phi) is 5.13. The molecule has 0 saturated heterocycles. The van der Waals surface area contributed by atoms with E-state index in [1.807, 2.05) is 17.1 Å². The first-order chi connectivity index (χ1) is 9.04. The first-order valence-corrected chi connectivity index (χ1v) is 8.00. The van der Waals surface area contributed by atoms with Crippen molar-refractivity contribution in [2.45, 2.75) is 39.8 Å². The third-order valence-corrected chi connectivity index (χ3v) is 4.45. The number of hydrogen-bond donors (Lipinski definition) is 1. The summed E-state index contributed by atoms with van der Waals surface area (Å²) in [6.45, 7) is 8.19. The molecule has 0 aromatic carbocycles. The fourth-order valence-corrected chi connectivity index (χ4v) is 3.29. The van der Waals surface area contributed by atoms with Crippen LogP contribution in [0.1, 0.15) is 22.5 Å². The summed E-state index contributed by atoms with van der Waals surface area (Å²) in [6, 6.07) is 0.404. The molecule has 0 bridgehead atoms. The third kappa shape index (κ3) is 4.40. The van der Waals surface area contributed by atoms with Crippen LogP contribution in [0.3, 0.4) is 0 Å². The molecule has 2 rings (SSSR count). The predicted octanol–water partition coefficient (Wildman–Crippen LogP) is 2.94. The quantitative estimate of drug-likeness (QED) is 0.877. The fraction of sp³-hybridized carbons (Fsp3) is 0.538. The van der Waals surface area contributed by atoms with E-state index in [-0.39, 0.29) is 0 Å². The van der Waals surface area contributed by atoms with Crippen LogP contribution >= 0.6 is 27.3 Å². The number of rotatable bonds is 6. The molecule has 0 fully saturated rings. The van der Waals surface area contributed by atoms with Crippen LogP contribution in [0.25, 0.3) is 0 Å². The Morgan fingerprint density at radius 2 is 2.26 bits per heavy atom. The van der Waals surface area contributed by atoms with Gasteiger partial charge in [-0.15, -0.1) is 11.3 Å². The van der Waals surface area contributed by atoms with Crippen molar-refractivity contribution < 1.29 is 0 Å². The van der Waals surface area contributed by atoms with Gasteiger partial charge < -0.3 is 5.32 Å². The monoisotopic (exact) mass is 342 g/mol. The molecule has 4 nitrogen and oxygen atoms in total. The van der Waals surface area contributed by atoms with Crippen LogP contribution in [0.4, 0.5) is 0 Å². The zero-order chi connectivity index (χ0) is 13.8. The van der Waals surface area contributed by atoms with Gasteiger partial charge in [-0.25, -0.2) is 4.98 Å². The minimum absolute atomic E-state index is 0.404. The zero-order valence-electron chi connectivity index (χ0n) is 11.5. The van der Waals surface area contributed by atoms with E-state index in [0.717, 1.165) is 29.0 Å². The molecule has 1 atom stereocenters. The Labute approximate surface area is 126 Å². The van der Waals surface area contributed by atoms with Gasteiger partial charge in [-0.3, -0.25) is 4.68 Å². The van der Waals surface area contributed by atoms with Crippen molar-refractivity contribution in [3.63, 3.8) is 0 Å². The average molecular weight is 343 g/mol. The fourth-order valence-electron chi connectivity index (χ4n) is 2.02. The van der Waals surface area contributed by atoms with Crippen LogP contribution in [-0.4, -0.2) is 27.4 Å². The summed E-state index contributed by atoms with van der Waals surface area (Å²) in [5.41, 5.74) is 1.17. The topological polar surface area (TPSA) is 42.7 Å². The molecule has 6 heteroatoms. The van der Waals surface area contributed by atoms with Gasteiger partial charge >= 0.3 is 0 Å². The standard InChI is InChI=1S/C13H19BrN4S/c1-9(7-18-8-12(14)6-16-18)15-5-4-13-10(2)17-11(3)19-13/h6,8-9,15H,4-5,7H2,1-3H3. The lowest BCUT2D eigenvalue weighted by Gasteiger charge is -2.13. The predicted molar refractivity (Wildman–Crippen MR) is 82.7 cm³/mol. The molecule has 2 aromatic rings. The van der Waals surface area contributed by atoms with Gasteiger partial charge in [-0.05, 0) is 43.1 Å². The van der Waals surface area contributed by atoms with Gasteiger partial charge in [0.25, 0.3) is 0 Å². The summed E-state index contributed by atoms with van der Waals surface area (Å²) < 4.78 is 2.97. The first-order valence-electron chi connectivity index (χ1n) is 6.39. The Hall–Kier alpha value is -0.720. The molecule has 0 aliphatic carbocycles. The van der Waals surface area contributed by atoms with Crippen molar-refractivity contribution >= 4 is 27.3 Å². The molecule has 0 saturated carbocycles. The minimum atomic E-state index is 0.404. The smallest absolute Gasteiger partial charge is 0.0900 e. The van der Waals surface area contributed by atoms with Crippen molar-refractivity contribution in [1.82, 2.24) is 20.1 Å². The summed E-state index contributed by atoms with van der Waals surface area (Å²) in [6.07, 6.45) is 4.86. The van der Waals surface area contributed by atoms with Crippen LogP contribution < -0.4 is 5.32 Å². The number of nitrogens with one attached hydrogen (secondary N) is 1. The highest BCUT2D eigenvalue weighted by Crippen LogP contribution is 2.17. The molecule has 0 amide bonds. The van der Waals surface area contributed by atoms with E-state index in [9.17, 15) is 0 Å². The van der Waals surface area contributed by atoms with E-state index in [4.69, 9.17) is 0 Å². The molecule has 1 N–H and O–H groups in total. The second kappa shape index (κ2) is 6.63. The molecule has 0 aliphatic heterocycles. The average Bonchev–Trinajstić information content (AvgIpc) is 2.86. The van der Waals surface area contributed by atoms with Crippen LogP contribution in [0.5, 0.6) is 0 Å². The van der Waals surface area contributed by atoms with Gasteiger partial charge in [0.1, 0.15) is 0 Å². The normalized spacial score (nSPS) is 12.8. The Morgan fingerprint density at radius 3 is 2.84 bits per heavy atom. The number of nitrogens with zero attached hydrogens (tertiary/aromatic N) is 3. The SMILES string of the molecule is Cc1nc(C)c(CCNC(C)Cn2cc(Br)cn2)s1. The van der Waals surface area contributed by atoms with E-state index in [0.29, 0.717) is 6.04 Å². The van der Waals surface area contributed by atoms with Crippen LogP contribution in [-0.2, 0) is 13.0 Å². The summed E-state index contributed by atoms with van der Waals surface area (Å²) >= 11 is 5.20. The molecule has 19 heavy (non-hydrogen) atoms.